The zero-order chi connectivity index (χ0) is 26.0. The average Bonchev–Trinajstić information content (AvgIpc) is 2.70. The van der Waals surface area contributed by atoms with Gasteiger partial charge in [0.25, 0.3) is 9.84 Å². The minimum Gasteiger partial charge on any atom is -0.401 e. The van der Waals surface area contributed by atoms with Gasteiger partial charge in [-0.05, 0) is 80.8 Å². The van der Waals surface area contributed by atoms with Crippen LogP contribution in [0.5, 0.6) is 0 Å². The van der Waals surface area contributed by atoms with E-state index in [1.165, 1.54) is 0 Å². The summed E-state index contributed by atoms with van der Waals surface area (Å²) >= 11 is 0. The molecule has 2 rings (SSSR count). The van der Waals surface area contributed by atoms with Gasteiger partial charge in [-0.3, -0.25) is 0 Å². The van der Waals surface area contributed by atoms with Gasteiger partial charge in [0.15, 0.2) is 8.32 Å². The smallest absolute Gasteiger partial charge is 0.401 e. The van der Waals surface area contributed by atoms with Crippen molar-refractivity contribution in [2.24, 2.45) is 5.73 Å². The van der Waals surface area contributed by atoms with Crippen molar-refractivity contribution in [2.75, 3.05) is 0 Å². The van der Waals surface area contributed by atoms with Crippen molar-refractivity contribution >= 4 is 18.2 Å². The number of rotatable bonds is 6. The summed E-state index contributed by atoms with van der Waals surface area (Å²) in [5, 5.41) is -1.98. The lowest BCUT2D eigenvalue weighted by atomic mass is 9.85. The third kappa shape index (κ3) is 6.65. The molecule has 1 atom stereocenters. The molecule has 1 aliphatic carbocycles. The zero-order valence-electron chi connectivity index (χ0n) is 21.1. The van der Waals surface area contributed by atoms with Gasteiger partial charge in [-0.2, -0.15) is 13.2 Å². The summed E-state index contributed by atoms with van der Waals surface area (Å²) in [6, 6.07) is 5.51. The second-order valence-electron chi connectivity index (χ2n) is 10.8. The monoisotopic (exact) mass is 517 g/mol. The van der Waals surface area contributed by atoms with Crippen LogP contribution >= 0.6 is 0 Å². The number of halogens is 3. The molecule has 0 spiro atoms. The zero-order valence-corrected chi connectivity index (χ0v) is 22.9. The molecule has 1 aromatic carbocycles. The molecule has 2 N–H and O–H groups in total. The van der Waals surface area contributed by atoms with Crippen LogP contribution in [0.3, 0.4) is 0 Å². The van der Waals surface area contributed by atoms with Crippen molar-refractivity contribution in [1.82, 2.24) is 0 Å². The molecule has 9 heteroatoms. The molecule has 34 heavy (non-hydrogen) atoms. The van der Waals surface area contributed by atoms with Crippen LogP contribution in [0.15, 0.2) is 18.2 Å². The number of sulfone groups is 1. The fourth-order valence-electron chi connectivity index (χ4n) is 3.96. The van der Waals surface area contributed by atoms with Crippen molar-refractivity contribution in [2.45, 2.75) is 107 Å². The lowest BCUT2D eigenvalue weighted by Crippen LogP contribution is -2.50. The van der Waals surface area contributed by atoms with E-state index >= 15 is 0 Å². The van der Waals surface area contributed by atoms with Crippen LogP contribution in [0.1, 0.15) is 76.0 Å². The number of nitrogens with two attached hydrogens (primary N) is 1. The van der Waals surface area contributed by atoms with Crippen LogP contribution in [0.2, 0.25) is 18.1 Å². The number of hydrogen-bond acceptors (Lipinski definition) is 4. The Bertz CT molecular complexity index is 1030. The predicted octanol–water partition coefficient (Wildman–Crippen LogP) is 6.22. The molecule has 0 radical (unpaired) electrons. The number of alkyl halides is 3. The first kappa shape index (κ1) is 28.9. The highest BCUT2D eigenvalue weighted by molar-refractivity contribution is 7.92. The molecule has 1 unspecified atom stereocenters. The predicted molar refractivity (Wildman–Crippen MR) is 133 cm³/mol. The SMILES string of the molecule is Cc1cccc(C#CC2(O[Si](C)(C)C(C)(C)C)CCCCC2)c1CCC(N)S(=O)(=O)C(F)(F)F. The Hall–Kier alpha value is -1.34. The van der Waals surface area contributed by atoms with E-state index in [0.29, 0.717) is 5.56 Å². The minimum absolute atomic E-state index is 0.0355. The molecule has 192 valence electrons. The van der Waals surface area contributed by atoms with E-state index in [0.717, 1.165) is 43.2 Å². The van der Waals surface area contributed by atoms with Gasteiger partial charge in [0.05, 0.1) is 0 Å². The molecule has 1 fully saturated rings. The molecule has 4 nitrogen and oxygen atoms in total. The molecular weight excluding hydrogens is 479 g/mol. The Morgan fingerprint density at radius 2 is 1.74 bits per heavy atom. The van der Waals surface area contributed by atoms with E-state index in [4.69, 9.17) is 10.2 Å². The first-order valence-electron chi connectivity index (χ1n) is 11.8. The Balaban J connectivity index is 2.37. The lowest BCUT2D eigenvalue weighted by molar-refractivity contribution is -0.0445. The first-order chi connectivity index (χ1) is 15.4. The number of aryl methyl sites for hydroxylation is 1. The van der Waals surface area contributed by atoms with E-state index in [-0.39, 0.29) is 17.9 Å². The quantitative estimate of drug-likeness (QED) is 0.359. The second-order valence-corrected chi connectivity index (χ2v) is 17.7. The molecule has 1 aromatic rings. The van der Waals surface area contributed by atoms with Crippen molar-refractivity contribution < 1.29 is 26.0 Å². The van der Waals surface area contributed by atoms with Crippen LogP contribution in [0.25, 0.3) is 0 Å². The molecule has 0 aromatic heterocycles. The van der Waals surface area contributed by atoms with E-state index in [1.807, 2.05) is 25.1 Å². The van der Waals surface area contributed by atoms with Crippen LogP contribution in [-0.2, 0) is 20.7 Å². The highest BCUT2D eigenvalue weighted by Crippen LogP contribution is 2.43. The van der Waals surface area contributed by atoms with Gasteiger partial charge in [-0.15, -0.1) is 0 Å². The molecule has 1 saturated carbocycles. The second kappa shape index (κ2) is 10.3. The summed E-state index contributed by atoms with van der Waals surface area (Å²) < 4.78 is 68.7. The largest absolute Gasteiger partial charge is 0.498 e. The van der Waals surface area contributed by atoms with E-state index in [1.54, 1.807) is 0 Å². The molecule has 0 amide bonds. The Morgan fingerprint density at radius 3 is 2.26 bits per heavy atom. The van der Waals surface area contributed by atoms with E-state index < -0.39 is 34.6 Å². The number of hydrogen-bond donors (Lipinski definition) is 1. The normalized spacial score (nSPS) is 18.2. The van der Waals surface area contributed by atoms with Crippen LogP contribution in [-0.4, -0.2) is 33.2 Å². The standard InChI is InChI=1S/C25H38F3NO3SSi/c1-19-11-10-12-20(21(19)13-14-22(29)33(30,31)25(26,27)28)15-18-24(16-8-7-9-17-24)32-34(5,6)23(2,3)4/h10-12,22H,7-9,13-14,16-17,29H2,1-6H3. The first-order valence-corrected chi connectivity index (χ1v) is 16.2. The minimum atomic E-state index is -5.42. The summed E-state index contributed by atoms with van der Waals surface area (Å²) in [5.74, 6) is 6.69. The maximum absolute atomic E-state index is 12.9. The van der Waals surface area contributed by atoms with Crippen molar-refractivity contribution in [3.8, 4) is 11.8 Å². The molecular formula is C25H38F3NO3SSi. The Labute approximate surface area is 203 Å². The summed E-state index contributed by atoms with van der Waals surface area (Å²) in [6.45, 7) is 12.9. The molecule has 0 bridgehead atoms. The third-order valence-corrected chi connectivity index (χ3v) is 13.3. The van der Waals surface area contributed by atoms with Gasteiger partial charge in [-0.1, -0.05) is 51.2 Å². The van der Waals surface area contributed by atoms with Crippen molar-refractivity contribution in [3.63, 3.8) is 0 Å². The summed E-state index contributed by atoms with van der Waals surface area (Å²) in [4.78, 5) is 0. The van der Waals surface area contributed by atoms with Gasteiger partial charge in [-0.25, -0.2) is 8.42 Å². The van der Waals surface area contributed by atoms with Gasteiger partial charge >= 0.3 is 5.51 Å². The molecule has 1 aliphatic rings. The van der Waals surface area contributed by atoms with Crippen LogP contribution in [0, 0.1) is 18.8 Å². The Morgan fingerprint density at radius 1 is 1.15 bits per heavy atom. The van der Waals surface area contributed by atoms with E-state index in [2.05, 4.69) is 45.7 Å². The maximum Gasteiger partial charge on any atom is 0.498 e. The van der Waals surface area contributed by atoms with Crippen LogP contribution in [0.4, 0.5) is 13.2 Å². The maximum atomic E-state index is 12.9. The fraction of sp³-hybridized carbons (Fsp3) is 0.680. The summed E-state index contributed by atoms with van der Waals surface area (Å²) in [5.41, 5.74) is 1.78. The van der Waals surface area contributed by atoms with Crippen molar-refractivity contribution in [3.05, 3.63) is 34.9 Å². The molecule has 0 aliphatic heterocycles. The van der Waals surface area contributed by atoms with Gasteiger partial charge in [0.2, 0.25) is 0 Å². The highest BCUT2D eigenvalue weighted by Gasteiger charge is 2.49. The van der Waals surface area contributed by atoms with Gasteiger partial charge in [0, 0.05) is 5.56 Å². The average molecular weight is 518 g/mol. The number of benzene rings is 1. The third-order valence-electron chi connectivity index (χ3n) is 7.15. The molecule has 0 heterocycles. The topological polar surface area (TPSA) is 69.4 Å². The van der Waals surface area contributed by atoms with Crippen LogP contribution < -0.4 is 5.73 Å². The molecule has 0 saturated heterocycles. The van der Waals surface area contributed by atoms with E-state index in [9.17, 15) is 21.6 Å². The summed E-state index contributed by atoms with van der Waals surface area (Å²) in [7, 11) is -7.51. The van der Waals surface area contributed by atoms with Crippen molar-refractivity contribution in [1.29, 1.82) is 0 Å². The Kier molecular flexibility index (Phi) is 8.78. The lowest BCUT2D eigenvalue weighted by Gasteiger charge is -2.45. The van der Waals surface area contributed by atoms with Gasteiger partial charge in [0.1, 0.15) is 11.0 Å². The summed E-state index contributed by atoms with van der Waals surface area (Å²) in [6.07, 6.45) is 4.66. The van der Waals surface area contributed by atoms with Gasteiger partial charge < -0.3 is 10.2 Å². The fourth-order valence-corrected chi connectivity index (χ4v) is 6.27. The highest BCUT2D eigenvalue weighted by atomic mass is 32.2.